The summed E-state index contributed by atoms with van der Waals surface area (Å²) in [7, 11) is -11.9. The summed E-state index contributed by atoms with van der Waals surface area (Å²) >= 11 is 7.08. The minimum absolute atomic E-state index is 0.106. The predicted molar refractivity (Wildman–Crippen MR) is 270 cm³/mol. The quantitative estimate of drug-likeness (QED) is 0.0824. The topological polar surface area (TPSA) is 122 Å². The summed E-state index contributed by atoms with van der Waals surface area (Å²) in [6.45, 7) is -24.0. The lowest BCUT2D eigenvalue weighted by Gasteiger charge is -2.42. The zero-order valence-electron chi connectivity index (χ0n) is 54.0. The summed E-state index contributed by atoms with van der Waals surface area (Å²) in [6, 6.07) is 15.7. The third-order valence-corrected chi connectivity index (χ3v) is 16.3. The van der Waals surface area contributed by atoms with Gasteiger partial charge >= 0.3 is 5.51 Å². The maximum Gasteiger partial charge on any atom is 0.501 e. The molecule has 4 aromatic rings. The number of benzene rings is 4. The number of piperazine rings is 2. The molecular formula is C51H61ClF4N6O5S3. The molecule has 2 aliphatic carbocycles. The van der Waals surface area contributed by atoms with E-state index in [1.165, 1.54) is 32.9 Å². The second kappa shape index (κ2) is 21.1. The van der Waals surface area contributed by atoms with Crippen molar-refractivity contribution in [2.45, 2.75) is 91.1 Å². The highest BCUT2D eigenvalue weighted by Crippen LogP contribution is 2.58. The number of carbonyl (C=O) groups is 1. The molecule has 19 heteroatoms. The Morgan fingerprint density at radius 2 is 1.51 bits per heavy atom. The number of nitrogens with one attached hydrogen (secondary N) is 2. The van der Waals surface area contributed by atoms with Crippen molar-refractivity contribution < 1.29 is 61.1 Å². The first-order chi connectivity index (χ1) is 39.1. The van der Waals surface area contributed by atoms with Crippen molar-refractivity contribution in [1.82, 2.24) is 19.4 Å². The molecule has 0 radical (unpaired) electrons. The van der Waals surface area contributed by atoms with Crippen molar-refractivity contribution in [3.8, 4) is 0 Å². The molecule has 8 rings (SSSR count). The molecule has 1 atom stereocenters. The molecule has 2 heterocycles. The molecule has 70 heavy (non-hydrogen) atoms. The van der Waals surface area contributed by atoms with Gasteiger partial charge in [-0.15, -0.1) is 11.8 Å². The van der Waals surface area contributed by atoms with Crippen molar-refractivity contribution in [3.63, 3.8) is 0 Å². The number of anilines is 2. The predicted octanol–water partition coefficient (Wildman–Crippen LogP) is 9.81. The van der Waals surface area contributed by atoms with Crippen LogP contribution in [0.1, 0.15) is 97.1 Å². The highest BCUT2D eigenvalue weighted by molar-refractivity contribution is 7.99. The molecule has 1 spiro atoms. The average Bonchev–Trinajstić information content (AvgIpc) is 1.73. The van der Waals surface area contributed by atoms with E-state index in [9.17, 15) is 34.8 Å². The number of sulfonamides is 1. The number of halogens is 5. The maximum absolute atomic E-state index is 15.4. The fraction of sp³-hybridized carbons (Fsp3) is 0.471. The standard InChI is InChI=1S/C51H61ClF4N6O5S3/c1-49(2,3)62-29-25-59(26-30-62)22-18-39(35-68-41-7-5-4-6-8-41)57-46-16-14-42(32-47(46)69(64,65)51(54,55)56)70(66,67)58-48(63)36-9-12-40(13-10-36)61-27-23-60(24-28-61)34-37-33-50(20-21-50)19-17-43(37)44-15-11-38(52)31-45(44)53/h4-16,31-32,39,57H,17-30,33-35H2,1-3H3,(H,58,63)/i23D2,24D2,25D2,26D2,27D2,28D2,29D2,30D2. The molecule has 4 aliphatic rings. The summed E-state index contributed by atoms with van der Waals surface area (Å²) in [5, 5.41) is 2.73. The maximum atomic E-state index is 15.4. The molecule has 1 saturated carbocycles. The van der Waals surface area contributed by atoms with Crippen LogP contribution in [0, 0.1) is 11.2 Å². The van der Waals surface area contributed by atoms with Crippen LogP contribution in [0.25, 0.3) is 5.57 Å². The molecule has 1 amide bonds. The highest BCUT2D eigenvalue weighted by atomic mass is 35.5. The number of carbonyl (C=O) groups excluding carboxylic acids is 1. The van der Waals surface area contributed by atoms with Gasteiger partial charge in [0.25, 0.3) is 25.8 Å². The minimum atomic E-state index is -6.51. The van der Waals surface area contributed by atoms with E-state index >= 15 is 4.39 Å². The van der Waals surface area contributed by atoms with Crippen LogP contribution in [0.3, 0.4) is 0 Å². The zero-order chi connectivity index (χ0) is 64.4. The Labute approximate surface area is 441 Å². The number of rotatable bonds is 16. The van der Waals surface area contributed by atoms with Gasteiger partial charge in [-0.05, 0) is 137 Å². The van der Waals surface area contributed by atoms with E-state index in [1.807, 2.05) is 0 Å². The Morgan fingerprint density at radius 1 is 0.843 bits per heavy atom. The first-order valence-electron chi connectivity index (χ1n) is 30.0. The van der Waals surface area contributed by atoms with Gasteiger partial charge in [-0.2, -0.15) is 13.2 Å². The van der Waals surface area contributed by atoms with Crippen LogP contribution >= 0.6 is 23.4 Å². The number of allylic oxidation sites excluding steroid dienone is 1. The van der Waals surface area contributed by atoms with E-state index in [0.29, 0.717) is 55.7 Å². The SMILES string of the molecule is [2H]C1([2H])N(CC2=C(c3ccc(Cl)cc3F)CCC3(CC3)C2)C([2H])([2H])C([2H])([2H])N(c2ccc(C(=O)NS(=O)(=O)c3ccc(NC(CCN4C([2H])([2H])C([2H])([2H])N(C(C)(C)C)C([2H])([2H])C4([2H])[2H])CSc4ccccc4)c(S(=O)(=O)C(F)(F)F)c3)cc2)C1([2H])[2H]. The number of amides is 1. The van der Waals surface area contributed by atoms with E-state index in [4.69, 9.17) is 33.5 Å². The number of hydrogen-bond acceptors (Lipinski definition) is 11. The number of sulfone groups is 1. The monoisotopic (exact) mass is 1060 g/mol. The van der Waals surface area contributed by atoms with E-state index in [0.717, 1.165) is 54.9 Å². The van der Waals surface area contributed by atoms with Crippen molar-refractivity contribution in [2.24, 2.45) is 5.41 Å². The third-order valence-electron chi connectivity index (χ3n) is 12.1. The van der Waals surface area contributed by atoms with Gasteiger partial charge in [0.15, 0.2) is 0 Å². The van der Waals surface area contributed by atoms with Gasteiger partial charge in [0.2, 0.25) is 0 Å². The smallest absolute Gasteiger partial charge is 0.380 e. The Hall–Kier alpha value is -4.17. The Kier molecular flexibility index (Phi) is 10.6. The summed E-state index contributed by atoms with van der Waals surface area (Å²) in [6.07, 6.45) is 2.31. The number of nitrogens with zero attached hydrogens (tertiary/aromatic N) is 4. The first kappa shape index (κ1) is 35.1. The van der Waals surface area contributed by atoms with E-state index in [1.54, 1.807) is 35.1 Å². The molecule has 0 aromatic heterocycles. The van der Waals surface area contributed by atoms with Crippen LogP contribution in [-0.2, 0) is 19.9 Å². The molecule has 11 nitrogen and oxygen atoms in total. The van der Waals surface area contributed by atoms with Crippen LogP contribution in [0.5, 0.6) is 0 Å². The van der Waals surface area contributed by atoms with Gasteiger partial charge in [0.05, 0.1) is 16.1 Å². The van der Waals surface area contributed by atoms with Crippen molar-refractivity contribution >= 4 is 66.1 Å². The fourth-order valence-corrected chi connectivity index (χ4v) is 11.2. The minimum Gasteiger partial charge on any atom is -0.380 e. The molecule has 378 valence electrons. The van der Waals surface area contributed by atoms with E-state index in [-0.39, 0.29) is 39.1 Å². The van der Waals surface area contributed by atoms with Crippen molar-refractivity contribution in [2.75, 3.05) is 81.0 Å². The normalized spacial score (nSPS) is 28.2. The lowest BCUT2D eigenvalue weighted by molar-refractivity contribution is -0.0435. The summed E-state index contributed by atoms with van der Waals surface area (Å²) < 4.78 is 259. The summed E-state index contributed by atoms with van der Waals surface area (Å²) in [5.41, 5.74) is -8.85. The van der Waals surface area contributed by atoms with Crippen molar-refractivity contribution in [1.29, 1.82) is 0 Å². The van der Waals surface area contributed by atoms with Crippen LogP contribution < -0.4 is 14.9 Å². The molecule has 1 unspecified atom stereocenters. The third kappa shape index (κ3) is 12.5. The lowest BCUT2D eigenvalue weighted by Crippen LogP contribution is -2.53. The highest BCUT2D eigenvalue weighted by Gasteiger charge is 2.49. The number of thioether (sulfide) groups is 1. The summed E-state index contributed by atoms with van der Waals surface area (Å²) in [5.74, 6) is -2.40. The average molecular weight is 1060 g/mol. The molecule has 0 bridgehead atoms. The van der Waals surface area contributed by atoms with Gasteiger partial charge in [-0.1, -0.05) is 41.4 Å². The molecule has 3 fully saturated rings. The van der Waals surface area contributed by atoms with Crippen LogP contribution in [0.2, 0.25) is 5.02 Å². The number of hydrogen-bond donors (Lipinski definition) is 2. The fourth-order valence-electron chi connectivity index (χ4n) is 7.98. The van der Waals surface area contributed by atoms with Crippen molar-refractivity contribution in [3.05, 3.63) is 119 Å². The Morgan fingerprint density at radius 3 is 2.14 bits per heavy atom. The second-order valence-electron chi connectivity index (χ2n) is 18.2. The largest absolute Gasteiger partial charge is 0.501 e. The van der Waals surface area contributed by atoms with Gasteiger partial charge in [0.1, 0.15) is 10.7 Å². The van der Waals surface area contributed by atoms with E-state index < -0.39 is 147 Å². The lowest BCUT2D eigenvalue weighted by atomic mass is 9.78. The molecule has 2 N–H and O–H groups in total. The van der Waals surface area contributed by atoms with Gasteiger partial charge in [0, 0.05) is 126 Å². The van der Waals surface area contributed by atoms with Crippen LogP contribution in [0.4, 0.5) is 28.9 Å². The Balaban J connectivity index is 1.07. The number of alkyl halides is 3. The first-order valence-corrected chi connectivity index (χ1v) is 26.4. The molecule has 2 saturated heterocycles. The van der Waals surface area contributed by atoms with Gasteiger partial charge < -0.3 is 15.1 Å². The Bertz CT molecular complexity index is 3490. The molecule has 2 aliphatic heterocycles. The van der Waals surface area contributed by atoms with Gasteiger partial charge in [-0.3, -0.25) is 14.6 Å². The second-order valence-corrected chi connectivity index (χ2v) is 23.3. The molecular weight excluding hydrogens is 984 g/mol. The molecule has 4 aromatic carbocycles. The van der Waals surface area contributed by atoms with Crippen LogP contribution in [0.15, 0.2) is 111 Å². The van der Waals surface area contributed by atoms with E-state index in [2.05, 4.69) is 5.32 Å². The van der Waals surface area contributed by atoms with Gasteiger partial charge in [-0.25, -0.2) is 25.9 Å². The summed E-state index contributed by atoms with van der Waals surface area (Å²) in [4.78, 5) is 12.7. The van der Waals surface area contributed by atoms with Crippen LogP contribution in [-0.4, -0.2) is 125 Å². The zero-order valence-corrected chi connectivity index (χ0v) is 41.3.